The van der Waals surface area contributed by atoms with E-state index >= 15 is 0 Å². The Hall–Kier alpha value is -1.88. The number of aromatic nitrogens is 2. The number of nitrogens with two attached hydrogens (primary N) is 1. The number of rotatable bonds is 1. The standard InChI is InChI=1S/C11H12N4O/c12-10(16)9-2-1-7-5-8-6-13-3-4-15(8)11(7)14-9/h1-2,5,13H,3-4,6H2,(H2,12,16). The summed E-state index contributed by atoms with van der Waals surface area (Å²) in [6.45, 7) is 2.66. The molecule has 0 saturated carbocycles. The highest BCUT2D eigenvalue weighted by Crippen LogP contribution is 2.20. The number of hydrogen-bond acceptors (Lipinski definition) is 3. The maximum absolute atomic E-state index is 11.1. The fourth-order valence-electron chi connectivity index (χ4n) is 2.12. The van der Waals surface area contributed by atoms with Crippen LogP contribution in [-0.2, 0) is 13.1 Å². The van der Waals surface area contributed by atoms with Crippen molar-refractivity contribution in [2.45, 2.75) is 13.1 Å². The van der Waals surface area contributed by atoms with E-state index in [9.17, 15) is 4.79 Å². The second-order valence-electron chi connectivity index (χ2n) is 3.94. The van der Waals surface area contributed by atoms with Crippen LogP contribution in [0.3, 0.4) is 0 Å². The van der Waals surface area contributed by atoms with Gasteiger partial charge >= 0.3 is 0 Å². The van der Waals surface area contributed by atoms with Crippen molar-refractivity contribution in [3.05, 3.63) is 29.6 Å². The molecule has 1 amide bonds. The highest BCUT2D eigenvalue weighted by molar-refractivity contribution is 5.93. The van der Waals surface area contributed by atoms with Gasteiger partial charge in [-0.05, 0) is 18.2 Å². The molecule has 3 heterocycles. The van der Waals surface area contributed by atoms with E-state index in [4.69, 9.17) is 5.73 Å². The van der Waals surface area contributed by atoms with Gasteiger partial charge in [-0.1, -0.05) is 0 Å². The molecule has 0 saturated heterocycles. The largest absolute Gasteiger partial charge is 0.364 e. The second kappa shape index (κ2) is 3.31. The third kappa shape index (κ3) is 1.29. The molecule has 0 unspecified atom stereocenters. The first-order valence-electron chi connectivity index (χ1n) is 5.25. The molecular formula is C11H12N4O. The number of nitrogens with one attached hydrogen (secondary N) is 1. The van der Waals surface area contributed by atoms with E-state index in [1.54, 1.807) is 6.07 Å². The lowest BCUT2D eigenvalue weighted by Gasteiger charge is -2.16. The molecule has 0 fully saturated rings. The molecule has 2 aromatic heterocycles. The van der Waals surface area contributed by atoms with E-state index in [0.29, 0.717) is 5.69 Å². The molecule has 5 heteroatoms. The fourth-order valence-corrected chi connectivity index (χ4v) is 2.12. The Bertz CT molecular complexity index is 573. The number of fused-ring (bicyclic) bond motifs is 3. The van der Waals surface area contributed by atoms with Crippen LogP contribution < -0.4 is 11.1 Å². The average Bonchev–Trinajstić information content (AvgIpc) is 2.66. The van der Waals surface area contributed by atoms with Gasteiger partial charge in [0.25, 0.3) is 5.91 Å². The summed E-state index contributed by atoms with van der Waals surface area (Å²) in [5.74, 6) is -0.480. The van der Waals surface area contributed by atoms with E-state index in [0.717, 1.165) is 30.7 Å². The van der Waals surface area contributed by atoms with Crippen LogP contribution in [-0.4, -0.2) is 22.0 Å². The second-order valence-corrected chi connectivity index (χ2v) is 3.94. The zero-order chi connectivity index (χ0) is 11.1. The summed E-state index contributed by atoms with van der Waals surface area (Å²) in [7, 11) is 0. The fraction of sp³-hybridized carbons (Fsp3) is 0.273. The number of nitrogens with zero attached hydrogens (tertiary/aromatic N) is 2. The molecule has 0 aliphatic carbocycles. The van der Waals surface area contributed by atoms with E-state index < -0.39 is 5.91 Å². The van der Waals surface area contributed by atoms with Gasteiger partial charge in [-0.15, -0.1) is 0 Å². The van der Waals surface area contributed by atoms with E-state index in [1.807, 2.05) is 6.07 Å². The Kier molecular flexibility index (Phi) is 1.94. The lowest BCUT2D eigenvalue weighted by atomic mass is 10.3. The summed E-state index contributed by atoms with van der Waals surface area (Å²) in [4.78, 5) is 15.4. The zero-order valence-electron chi connectivity index (χ0n) is 8.73. The third-order valence-corrected chi connectivity index (χ3v) is 2.90. The van der Waals surface area contributed by atoms with Crippen molar-refractivity contribution in [1.82, 2.24) is 14.9 Å². The molecule has 16 heavy (non-hydrogen) atoms. The molecule has 1 aliphatic heterocycles. The molecule has 5 nitrogen and oxygen atoms in total. The summed E-state index contributed by atoms with van der Waals surface area (Å²) >= 11 is 0. The van der Waals surface area contributed by atoms with Crippen molar-refractivity contribution in [3.8, 4) is 0 Å². The molecule has 0 spiro atoms. The van der Waals surface area contributed by atoms with E-state index in [1.165, 1.54) is 5.69 Å². The molecule has 2 aromatic rings. The first-order chi connectivity index (χ1) is 7.75. The number of hydrogen-bond donors (Lipinski definition) is 2. The molecule has 3 N–H and O–H groups in total. The summed E-state index contributed by atoms with van der Waals surface area (Å²) in [5, 5.41) is 4.36. The van der Waals surface area contributed by atoms with Crippen LogP contribution in [0.1, 0.15) is 16.2 Å². The highest BCUT2D eigenvalue weighted by Gasteiger charge is 2.14. The predicted octanol–water partition coefficient (Wildman–Crippen LogP) is 0.238. The smallest absolute Gasteiger partial charge is 0.267 e. The van der Waals surface area contributed by atoms with Gasteiger partial charge in [0.1, 0.15) is 11.3 Å². The summed E-state index contributed by atoms with van der Waals surface area (Å²) < 4.78 is 2.14. The molecule has 0 aromatic carbocycles. The van der Waals surface area contributed by atoms with Crippen molar-refractivity contribution in [2.75, 3.05) is 6.54 Å². The van der Waals surface area contributed by atoms with Crippen LogP contribution in [0.2, 0.25) is 0 Å². The Morgan fingerprint density at radius 2 is 2.38 bits per heavy atom. The highest BCUT2D eigenvalue weighted by atomic mass is 16.1. The Morgan fingerprint density at radius 3 is 3.19 bits per heavy atom. The van der Waals surface area contributed by atoms with Crippen molar-refractivity contribution in [1.29, 1.82) is 0 Å². The maximum atomic E-state index is 11.1. The van der Waals surface area contributed by atoms with Crippen LogP contribution in [0.25, 0.3) is 11.0 Å². The summed E-state index contributed by atoms with van der Waals surface area (Å²) in [5.41, 5.74) is 7.61. The van der Waals surface area contributed by atoms with Gasteiger partial charge in [0, 0.05) is 30.7 Å². The minimum absolute atomic E-state index is 0.326. The predicted molar refractivity (Wildman–Crippen MR) is 60.0 cm³/mol. The summed E-state index contributed by atoms with van der Waals surface area (Å²) in [6.07, 6.45) is 0. The molecule has 0 radical (unpaired) electrons. The van der Waals surface area contributed by atoms with Gasteiger partial charge in [0.2, 0.25) is 0 Å². The van der Waals surface area contributed by atoms with Crippen LogP contribution in [0, 0.1) is 0 Å². The average molecular weight is 216 g/mol. The van der Waals surface area contributed by atoms with Crippen LogP contribution >= 0.6 is 0 Å². The minimum Gasteiger partial charge on any atom is -0.364 e. The van der Waals surface area contributed by atoms with E-state index in [-0.39, 0.29) is 0 Å². The lowest BCUT2D eigenvalue weighted by molar-refractivity contribution is 0.0996. The first-order valence-corrected chi connectivity index (χ1v) is 5.25. The monoisotopic (exact) mass is 216 g/mol. The molecule has 1 aliphatic rings. The van der Waals surface area contributed by atoms with Gasteiger partial charge in [-0.3, -0.25) is 4.79 Å². The van der Waals surface area contributed by atoms with Gasteiger partial charge in [-0.2, -0.15) is 0 Å². The topological polar surface area (TPSA) is 72.9 Å². The van der Waals surface area contributed by atoms with E-state index in [2.05, 4.69) is 20.9 Å². The van der Waals surface area contributed by atoms with Crippen LogP contribution in [0.4, 0.5) is 0 Å². The third-order valence-electron chi connectivity index (χ3n) is 2.90. The number of amides is 1. The van der Waals surface area contributed by atoms with Crippen LogP contribution in [0.15, 0.2) is 18.2 Å². The minimum atomic E-state index is -0.480. The Morgan fingerprint density at radius 1 is 1.50 bits per heavy atom. The normalized spacial score (nSPS) is 15.0. The van der Waals surface area contributed by atoms with Gasteiger partial charge < -0.3 is 15.6 Å². The van der Waals surface area contributed by atoms with Gasteiger partial charge in [0.05, 0.1) is 0 Å². The Labute approximate surface area is 92.3 Å². The molecule has 3 rings (SSSR count). The van der Waals surface area contributed by atoms with Crippen LogP contribution in [0.5, 0.6) is 0 Å². The number of primary amides is 1. The molecule has 0 atom stereocenters. The number of carbonyl (C=O) groups is 1. The van der Waals surface area contributed by atoms with Crippen molar-refractivity contribution < 1.29 is 4.79 Å². The van der Waals surface area contributed by atoms with Crippen molar-refractivity contribution in [3.63, 3.8) is 0 Å². The van der Waals surface area contributed by atoms with Crippen molar-refractivity contribution >= 4 is 16.9 Å². The van der Waals surface area contributed by atoms with Gasteiger partial charge in [-0.25, -0.2) is 4.98 Å². The molecule has 82 valence electrons. The first kappa shape index (κ1) is 9.35. The van der Waals surface area contributed by atoms with Crippen molar-refractivity contribution in [2.24, 2.45) is 5.73 Å². The SMILES string of the molecule is NC(=O)c1ccc2cc3n(c2n1)CCNC3. The number of pyridine rings is 1. The number of carbonyl (C=O) groups excluding carboxylic acids is 1. The maximum Gasteiger partial charge on any atom is 0.267 e. The molecular weight excluding hydrogens is 204 g/mol. The molecule has 0 bridgehead atoms. The zero-order valence-corrected chi connectivity index (χ0v) is 8.73. The summed E-state index contributed by atoms with van der Waals surface area (Å²) in [6, 6.07) is 5.66. The lowest BCUT2D eigenvalue weighted by Crippen LogP contribution is -2.27. The van der Waals surface area contributed by atoms with Gasteiger partial charge in [0.15, 0.2) is 0 Å². The quantitative estimate of drug-likeness (QED) is 0.717. The Balaban J connectivity index is 2.25.